The first-order valence-corrected chi connectivity index (χ1v) is 11.4. The van der Waals surface area contributed by atoms with E-state index in [0.717, 1.165) is 25.2 Å². The number of halogens is 2. The quantitative estimate of drug-likeness (QED) is 0.429. The second-order valence-electron chi connectivity index (χ2n) is 8.19. The number of hydrogen-bond donors (Lipinski definition) is 0. The molecule has 1 heterocycles. The van der Waals surface area contributed by atoms with E-state index in [1.807, 2.05) is 12.1 Å². The molecule has 0 unspecified atom stereocenters. The molecule has 0 aromatic heterocycles. The lowest BCUT2D eigenvalue weighted by Crippen LogP contribution is -2.56. The molecule has 1 aliphatic heterocycles. The Morgan fingerprint density at radius 2 is 1.68 bits per heavy atom. The normalized spacial score (nSPS) is 19.5. The SMILES string of the molecule is COC[C@H]1CN(c2ccc(C)cc2)[C@H](c2ccc(Cl)cc2Cl)CN1Cc1ccccc1. The zero-order valence-corrected chi connectivity index (χ0v) is 19.5. The second-order valence-corrected chi connectivity index (χ2v) is 9.04. The van der Waals surface area contributed by atoms with Gasteiger partial charge in [0.1, 0.15) is 0 Å². The zero-order chi connectivity index (χ0) is 21.8. The Hall–Kier alpha value is -2.04. The topological polar surface area (TPSA) is 15.7 Å². The fourth-order valence-corrected chi connectivity index (χ4v) is 4.90. The monoisotopic (exact) mass is 454 g/mol. The number of anilines is 1. The molecule has 1 saturated heterocycles. The van der Waals surface area contributed by atoms with Crippen LogP contribution in [0.4, 0.5) is 5.69 Å². The van der Waals surface area contributed by atoms with Gasteiger partial charge < -0.3 is 9.64 Å². The minimum absolute atomic E-state index is 0.115. The summed E-state index contributed by atoms with van der Waals surface area (Å²) < 4.78 is 5.62. The third-order valence-corrected chi connectivity index (χ3v) is 6.54. The number of ether oxygens (including phenoxy) is 1. The van der Waals surface area contributed by atoms with E-state index in [1.165, 1.54) is 16.8 Å². The third kappa shape index (κ3) is 5.24. The van der Waals surface area contributed by atoms with E-state index in [9.17, 15) is 0 Å². The number of piperazine rings is 1. The maximum Gasteiger partial charge on any atom is 0.0685 e. The number of methoxy groups -OCH3 is 1. The highest BCUT2D eigenvalue weighted by atomic mass is 35.5. The first kappa shape index (κ1) is 22.2. The van der Waals surface area contributed by atoms with Crippen LogP contribution in [0.1, 0.15) is 22.7 Å². The van der Waals surface area contributed by atoms with E-state index in [2.05, 4.69) is 77.4 Å². The zero-order valence-electron chi connectivity index (χ0n) is 18.0. The van der Waals surface area contributed by atoms with Crippen molar-refractivity contribution in [1.29, 1.82) is 0 Å². The lowest BCUT2D eigenvalue weighted by molar-refractivity contribution is 0.0644. The second kappa shape index (κ2) is 10.1. The molecule has 3 nitrogen and oxygen atoms in total. The predicted molar refractivity (Wildman–Crippen MR) is 130 cm³/mol. The number of hydrogen-bond acceptors (Lipinski definition) is 3. The average molecular weight is 455 g/mol. The largest absolute Gasteiger partial charge is 0.383 e. The van der Waals surface area contributed by atoms with Gasteiger partial charge in [0.25, 0.3) is 0 Å². The standard InChI is InChI=1S/C26H28Cl2N2O/c1-19-8-11-22(12-9-19)30-16-23(18-31-2)29(15-20-6-4-3-5-7-20)17-26(30)24-13-10-21(27)14-25(24)28/h3-14,23,26H,15-18H2,1-2H3/t23-,26+/m1/s1. The van der Waals surface area contributed by atoms with Gasteiger partial charge in [0.2, 0.25) is 0 Å². The molecule has 0 N–H and O–H groups in total. The smallest absolute Gasteiger partial charge is 0.0685 e. The van der Waals surface area contributed by atoms with Crippen molar-refractivity contribution in [3.8, 4) is 0 Å². The average Bonchev–Trinajstić information content (AvgIpc) is 2.76. The van der Waals surface area contributed by atoms with Crippen LogP contribution in [0.25, 0.3) is 0 Å². The van der Waals surface area contributed by atoms with Crippen molar-refractivity contribution < 1.29 is 4.74 Å². The van der Waals surface area contributed by atoms with Crippen LogP contribution in [0.5, 0.6) is 0 Å². The summed E-state index contributed by atoms with van der Waals surface area (Å²) in [6.45, 7) is 5.36. The van der Waals surface area contributed by atoms with Crippen LogP contribution >= 0.6 is 23.2 Å². The van der Waals surface area contributed by atoms with Gasteiger partial charge in [-0.1, -0.05) is 77.3 Å². The molecule has 0 bridgehead atoms. The molecular weight excluding hydrogens is 427 g/mol. The summed E-state index contributed by atoms with van der Waals surface area (Å²) in [5, 5.41) is 1.37. The highest BCUT2D eigenvalue weighted by Crippen LogP contribution is 2.37. The van der Waals surface area contributed by atoms with Gasteiger partial charge in [-0.05, 0) is 42.3 Å². The van der Waals surface area contributed by atoms with Crippen LogP contribution in [0.2, 0.25) is 10.0 Å². The van der Waals surface area contributed by atoms with Crippen molar-refractivity contribution in [2.75, 3.05) is 31.7 Å². The molecule has 1 aliphatic rings. The molecule has 0 amide bonds. The Morgan fingerprint density at radius 1 is 0.935 bits per heavy atom. The van der Waals surface area contributed by atoms with E-state index >= 15 is 0 Å². The summed E-state index contributed by atoms with van der Waals surface area (Å²) >= 11 is 12.9. The third-order valence-electron chi connectivity index (χ3n) is 5.98. The molecule has 0 aliphatic carbocycles. The maximum atomic E-state index is 6.69. The molecule has 1 fully saturated rings. The summed E-state index contributed by atoms with van der Waals surface area (Å²) in [4.78, 5) is 4.97. The summed E-state index contributed by atoms with van der Waals surface area (Å²) in [6.07, 6.45) is 0. The summed E-state index contributed by atoms with van der Waals surface area (Å²) in [5.74, 6) is 0. The number of nitrogens with zero attached hydrogens (tertiary/aromatic N) is 2. The molecule has 0 saturated carbocycles. The van der Waals surface area contributed by atoms with Gasteiger partial charge in [0.05, 0.1) is 18.7 Å². The molecule has 31 heavy (non-hydrogen) atoms. The lowest BCUT2D eigenvalue weighted by Gasteiger charge is -2.48. The number of benzene rings is 3. The van der Waals surface area contributed by atoms with Crippen molar-refractivity contribution in [1.82, 2.24) is 4.90 Å². The first-order chi connectivity index (χ1) is 15.0. The molecule has 162 valence electrons. The van der Waals surface area contributed by atoms with Gasteiger partial charge in [-0.2, -0.15) is 0 Å². The molecule has 3 aromatic carbocycles. The van der Waals surface area contributed by atoms with E-state index < -0.39 is 0 Å². The highest BCUT2D eigenvalue weighted by molar-refractivity contribution is 6.35. The van der Waals surface area contributed by atoms with Gasteiger partial charge in [-0.3, -0.25) is 4.90 Å². The number of aryl methyl sites for hydroxylation is 1. The van der Waals surface area contributed by atoms with E-state index in [1.54, 1.807) is 7.11 Å². The van der Waals surface area contributed by atoms with Crippen LogP contribution in [0, 0.1) is 6.92 Å². The molecule has 3 aromatic rings. The Labute approximate surface area is 195 Å². The molecule has 2 atom stereocenters. The van der Waals surface area contributed by atoms with Crippen LogP contribution < -0.4 is 4.90 Å². The number of rotatable bonds is 6. The summed E-state index contributed by atoms with van der Waals surface area (Å²) in [5.41, 5.74) is 4.84. The van der Waals surface area contributed by atoms with Crippen LogP contribution in [-0.2, 0) is 11.3 Å². The van der Waals surface area contributed by atoms with E-state index in [4.69, 9.17) is 27.9 Å². The Balaban J connectivity index is 1.71. The van der Waals surface area contributed by atoms with Crippen molar-refractivity contribution in [2.24, 2.45) is 0 Å². The minimum atomic E-state index is 0.115. The fourth-order valence-electron chi connectivity index (χ4n) is 4.36. The van der Waals surface area contributed by atoms with Crippen LogP contribution in [0.3, 0.4) is 0 Å². The lowest BCUT2D eigenvalue weighted by atomic mass is 9.97. The Kier molecular flexibility index (Phi) is 7.19. The van der Waals surface area contributed by atoms with Gasteiger partial charge >= 0.3 is 0 Å². The van der Waals surface area contributed by atoms with Crippen LogP contribution in [0.15, 0.2) is 72.8 Å². The first-order valence-electron chi connectivity index (χ1n) is 10.6. The molecule has 0 spiro atoms. The van der Waals surface area contributed by atoms with Gasteiger partial charge in [-0.25, -0.2) is 0 Å². The fraction of sp³-hybridized carbons (Fsp3) is 0.308. The molecular formula is C26H28Cl2N2O. The van der Waals surface area contributed by atoms with Gasteiger partial charge in [0.15, 0.2) is 0 Å². The van der Waals surface area contributed by atoms with Crippen molar-refractivity contribution in [3.63, 3.8) is 0 Å². The molecule has 5 heteroatoms. The maximum absolute atomic E-state index is 6.69. The summed E-state index contributed by atoms with van der Waals surface area (Å²) in [6, 6.07) is 25.6. The molecule has 0 radical (unpaired) electrons. The van der Waals surface area contributed by atoms with Crippen LogP contribution in [-0.4, -0.2) is 37.7 Å². The Bertz CT molecular complexity index is 994. The van der Waals surface area contributed by atoms with E-state index in [0.29, 0.717) is 16.7 Å². The Morgan fingerprint density at radius 3 is 2.35 bits per heavy atom. The van der Waals surface area contributed by atoms with Gasteiger partial charge in [0, 0.05) is 42.5 Å². The van der Waals surface area contributed by atoms with Gasteiger partial charge in [-0.15, -0.1) is 0 Å². The minimum Gasteiger partial charge on any atom is -0.383 e. The highest BCUT2D eigenvalue weighted by Gasteiger charge is 2.35. The summed E-state index contributed by atoms with van der Waals surface area (Å²) in [7, 11) is 1.78. The van der Waals surface area contributed by atoms with Crippen molar-refractivity contribution in [3.05, 3.63) is 99.5 Å². The predicted octanol–water partition coefficient (Wildman–Crippen LogP) is 6.38. The van der Waals surface area contributed by atoms with Crippen molar-refractivity contribution in [2.45, 2.75) is 25.6 Å². The van der Waals surface area contributed by atoms with E-state index in [-0.39, 0.29) is 12.1 Å². The molecule has 4 rings (SSSR count). The van der Waals surface area contributed by atoms with Crippen molar-refractivity contribution >= 4 is 28.9 Å².